The average Bonchev–Trinajstić information content (AvgIpc) is 3.03. The van der Waals surface area contributed by atoms with Gasteiger partial charge in [0.05, 0.1) is 11.9 Å². The Bertz CT molecular complexity index is 763. The van der Waals surface area contributed by atoms with Gasteiger partial charge in [-0.05, 0) is 25.5 Å². The molecule has 0 spiro atoms. The van der Waals surface area contributed by atoms with Crippen molar-refractivity contribution in [3.8, 4) is 10.8 Å². The summed E-state index contributed by atoms with van der Waals surface area (Å²) in [7, 11) is -3.16. The van der Waals surface area contributed by atoms with Gasteiger partial charge in [0.1, 0.15) is 0 Å². The predicted octanol–water partition coefficient (Wildman–Crippen LogP) is 1.50. The van der Waals surface area contributed by atoms with Crippen molar-refractivity contribution >= 4 is 21.4 Å². The van der Waals surface area contributed by atoms with Crippen molar-refractivity contribution in [1.29, 1.82) is 0 Å². The number of likely N-dealkylation sites (tertiary alicyclic amines) is 1. The van der Waals surface area contributed by atoms with Gasteiger partial charge in [0.25, 0.3) is 0 Å². The van der Waals surface area contributed by atoms with E-state index in [4.69, 9.17) is 0 Å². The van der Waals surface area contributed by atoms with Gasteiger partial charge >= 0.3 is 0 Å². The van der Waals surface area contributed by atoms with Gasteiger partial charge in [0, 0.05) is 36.9 Å². The lowest BCUT2D eigenvalue weighted by molar-refractivity contribution is 0.140. The average molecular weight is 368 g/mol. The van der Waals surface area contributed by atoms with Gasteiger partial charge < -0.3 is 0 Å². The minimum atomic E-state index is -3.16. The molecule has 0 saturated carbocycles. The van der Waals surface area contributed by atoms with Crippen LogP contribution >= 0.6 is 11.3 Å². The Hall–Kier alpha value is -1.42. The van der Waals surface area contributed by atoms with E-state index in [2.05, 4.69) is 24.6 Å². The Morgan fingerprint density at radius 2 is 2.12 bits per heavy atom. The Kier molecular flexibility index (Phi) is 5.54. The highest BCUT2D eigenvalue weighted by atomic mass is 32.2. The minimum absolute atomic E-state index is 0.214. The third-order valence-electron chi connectivity index (χ3n) is 4.00. The first-order chi connectivity index (χ1) is 11.5. The largest absolute Gasteiger partial charge is 0.293 e. The highest BCUT2D eigenvalue weighted by Gasteiger charge is 2.24. The predicted molar refractivity (Wildman–Crippen MR) is 94.0 cm³/mol. The summed E-state index contributed by atoms with van der Waals surface area (Å²) in [5.74, 6) is 0.641. The van der Waals surface area contributed by atoms with Crippen LogP contribution in [0.15, 0.2) is 23.8 Å². The van der Waals surface area contributed by atoms with Crippen molar-refractivity contribution in [2.45, 2.75) is 31.8 Å². The highest BCUT2D eigenvalue weighted by molar-refractivity contribution is 7.88. The van der Waals surface area contributed by atoms with Crippen LogP contribution in [0.25, 0.3) is 10.8 Å². The number of nitrogens with zero attached hydrogens (tertiary/aromatic N) is 4. The third-order valence-corrected chi connectivity index (χ3v) is 5.58. The van der Waals surface area contributed by atoms with E-state index in [1.165, 1.54) is 17.6 Å². The second-order valence-electron chi connectivity index (χ2n) is 5.96. The molecule has 0 bridgehead atoms. The number of thiazole rings is 1. The zero-order valence-electron chi connectivity index (χ0n) is 13.6. The molecule has 1 saturated heterocycles. The van der Waals surface area contributed by atoms with Crippen LogP contribution in [0.1, 0.15) is 25.0 Å². The molecule has 2 aromatic rings. The van der Waals surface area contributed by atoms with Crippen molar-refractivity contribution < 1.29 is 8.42 Å². The van der Waals surface area contributed by atoms with Crippen LogP contribution in [0.2, 0.25) is 0 Å². The van der Waals surface area contributed by atoms with Crippen LogP contribution in [-0.4, -0.2) is 53.7 Å². The molecule has 3 heterocycles. The molecule has 0 aromatic carbocycles. The maximum absolute atomic E-state index is 11.3. The Labute approximate surface area is 146 Å². The summed E-state index contributed by atoms with van der Waals surface area (Å²) in [6.45, 7) is 2.14. The quantitative estimate of drug-likeness (QED) is 0.832. The smallest absolute Gasteiger partial charge is 0.208 e. The number of rotatable bonds is 6. The topological polar surface area (TPSA) is 88.1 Å². The van der Waals surface area contributed by atoms with Gasteiger partial charge in [-0.25, -0.2) is 28.1 Å². The van der Waals surface area contributed by atoms with E-state index in [-0.39, 0.29) is 6.04 Å². The fraction of sp³-hybridized carbons (Fsp3) is 0.533. The van der Waals surface area contributed by atoms with Crippen LogP contribution in [0.4, 0.5) is 0 Å². The van der Waals surface area contributed by atoms with Crippen molar-refractivity contribution in [1.82, 2.24) is 24.6 Å². The summed E-state index contributed by atoms with van der Waals surface area (Å²) < 4.78 is 25.3. The number of aromatic nitrogens is 3. The lowest BCUT2D eigenvalue weighted by Crippen LogP contribution is -2.46. The van der Waals surface area contributed by atoms with E-state index < -0.39 is 10.0 Å². The fourth-order valence-electron chi connectivity index (χ4n) is 2.85. The van der Waals surface area contributed by atoms with Crippen LogP contribution in [0, 0.1) is 0 Å². The molecule has 130 valence electrons. The monoisotopic (exact) mass is 367 g/mol. The molecule has 0 aliphatic carbocycles. The van der Waals surface area contributed by atoms with E-state index >= 15 is 0 Å². The summed E-state index contributed by atoms with van der Waals surface area (Å²) in [4.78, 5) is 15.4. The summed E-state index contributed by atoms with van der Waals surface area (Å²) in [5, 5.41) is 2.84. The molecule has 9 heteroatoms. The molecular formula is C15H21N5O2S2. The molecule has 1 atom stereocenters. The Balaban J connectivity index is 1.66. The van der Waals surface area contributed by atoms with Gasteiger partial charge in [-0.15, -0.1) is 11.3 Å². The zero-order valence-corrected chi connectivity index (χ0v) is 15.2. The summed E-state index contributed by atoms with van der Waals surface area (Å²) in [6.07, 6.45) is 7.89. The Morgan fingerprint density at radius 3 is 2.88 bits per heavy atom. The fourth-order valence-corrected chi connectivity index (χ4v) is 4.10. The maximum Gasteiger partial charge on any atom is 0.208 e. The summed E-state index contributed by atoms with van der Waals surface area (Å²) in [5.41, 5.74) is 0.980. The number of hydrogen-bond acceptors (Lipinski definition) is 7. The third kappa shape index (κ3) is 4.79. The molecule has 2 aromatic heterocycles. The van der Waals surface area contributed by atoms with Crippen LogP contribution in [0.3, 0.4) is 0 Å². The van der Waals surface area contributed by atoms with Gasteiger partial charge in [0.2, 0.25) is 10.0 Å². The first kappa shape index (κ1) is 17.4. The number of sulfonamides is 1. The molecular weight excluding hydrogens is 346 g/mol. The van der Waals surface area contributed by atoms with Gasteiger partial charge in [-0.1, -0.05) is 6.42 Å². The van der Waals surface area contributed by atoms with E-state index in [0.717, 1.165) is 43.1 Å². The standard InChI is InChI=1S/C15H21N5O2S2/c1-24(21,22)18-9-13-5-2-3-8-20(13)10-12-11-23-15(19-12)14-16-6-4-7-17-14/h4,6-7,11,13,18H,2-3,5,8-10H2,1H3/t13-/m0/s1. The molecule has 1 aliphatic heterocycles. The number of piperidine rings is 1. The second kappa shape index (κ2) is 7.64. The highest BCUT2D eigenvalue weighted by Crippen LogP contribution is 2.23. The normalized spacial score (nSPS) is 19.5. The summed E-state index contributed by atoms with van der Waals surface area (Å²) >= 11 is 1.54. The van der Waals surface area contributed by atoms with Crippen LogP contribution in [-0.2, 0) is 16.6 Å². The van der Waals surface area contributed by atoms with E-state index in [0.29, 0.717) is 12.4 Å². The molecule has 3 rings (SSSR count). The number of hydrogen-bond donors (Lipinski definition) is 1. The molecule has 1 fully saturated rings. The first-order valence-corrected chi connectivity index (χ1v) is 10.7. The first-order valence-electron chi connectivity index (χ1n) is 7.92. The lowest BCUT2D eigenvalue weighted by Gasteiger charge is -2.35. The molecule has 1 N–H and O–H groups in total. The van der Waals surface area contributed by atoms with Crippen LogP contribution in [0.5, 0.6) is 0 Å². The van der Waals surface area contributed by atoms with Crippen molar-refractivity contribution in [3.05, 3.63) is 29.5 Å². The van der Waals surface area contributed by atoms with Crippen LogP contribution < -0.4 is 4.72 Å². The van der Waals surface area contributed by atoms with Gasteiger partial charge in [-0.2, -0.15) is 0 Å². The van der Waals surface area contributed by atoms with E-state index in [9.17, 15) is 8.42 Å². The molecule has 0 unspecified atom stereocenters. The van der Waals surface area contributed by atoms with Gasteiger partial charge in [0.15, 0.2) is 10.8 Å². The maximum atomic E-state index is 11.3. The van der Waals surface area contributed by atoms with Crippen molar-refractivity contribution in [2.75, 3.05) is 19.3 Å². The van der Waals surface area contributed by atoms with Gasteiger partial charge in [-0.3, -0.25) is 4.90 Å². The lowest BCUT2D eigenvalue weighted by atomic mass is 10.0. The Morgan fingerprint density at radius 1 is 1.33 bits per heavy atom. The van der Waals surface area contributed by atoms with E-state index in [1.54, 1.807) is 18.5 Å². The molecule has 24 heavy (non-hydrogen) atoms. The molecule has 7 nitrogen and oxygen atoms in total. The number of nitrogens with one attached hydrogen (secondary N) is 1. The van der Waals surface area contributed by atoms with E-state index in [1.807, 2.05) is 5.38 Å². The second-order valence-corrected chi connectivity index (χ2v) is 8.65. The SMILES string of the molecule is CS(=O)(=O)NC[C@@H]1CCCCN1Cc1csc(-c2ncccn2)n1. The minimum Gasteiger partial charge on any atom is -0.293 e. The molecule has 0 amide bonds. The molecule has 0 radical (unpaired) electrons. The summed E-state index contributed by atoms with van der Waals surface area (Å²) in [6, 6.07) is 2.00. The molecule has 1 aliphatic rings. The zero-order chi connectivity index (χ0) is 17.0. The van der Waals surface area contributed by atoms with Crippen molar-refractivity contribution in [2.24, 2.45) is 0 Å². The van der Waals surface area contributed by atoms with Crippen molar-refractivity contribution in [3.63, 3.8) is 0 Å².